The number of rotatable bonds is 6. The van der Waals surface area contributed by atoms with Crippen LogP contribution in [0.2, 0.25) is 0 Å². The molecule has 0 aliphatic carbocycles. The zero-order valence-electron chi connectivity index (χ0n) is 26.1. The molecule has 8 nitrogen and oxygen atoms in total. The number of carbonyl (C=O) groups excluding carboxylic acids is 2. The number of anilines is 2. The summed E-state index contributed by atoms with van der Waals surface area (Å²) >= 11 is 0. The summed E-state index contributed by atoms with van der Waals surface area (Å²) in [5.41, 5.74) is 1.77. The number of carbonyl (C=O) groups is 2. The first-order valence-electron chi connectivity index (χ1n) is 14.2. The number of aromatic hydroxyl groups is 1. The molecule has 2 aromatic carbocycles. The number of benzene rings is 2. The molecule has 0 fully saturated rings. The second kappa shape index (κ2) is 11.6. The molecule has 3 aromatic rings. The molecule has 0 aliphatic heterocycles. The van der Waals surface area contributed by atoms with Gasteiger partial charge in [0.15, 0.2) is 16.8 Å². The third kappa shape index (κ3) is 7.48. The van der Waals surface area contributed by atoms with Crippen molar-refractivity contribution in [2.75, 3.05) is 17.2 Å². The van der Waals surface area contributed by atoms with Gasteiger partial charge >= 0.3 is 6.03 Å². The Bertz CT molecular complexity index is 1520. The molecular formula is C33H45N3O5. The van der Waals surface area contributed by atoms with Crippen molar-refractivity contribution in [2.45, 2.75) is 98.3 Å². The van der Waals surface area contributed by atoms with Gasteiger partial charge in [-0.3, -0.25) is 9.59 Å². The highest BCUT2D eigenvalue weighted by atomic mass is 16.3. The lowest BCUT2D eigenvalue weighted by Gasteiger charge is -2.27. The molecule has 0 saturated heterocycles. The van der Waals surface area contributed by atoms with Gasteiger partial charge in [0.25, 0.3) is 5.91 Å². The predicted molar refractivity (Wildman–Crippen MR) is 167 cm³/mol. The lowest BCUT2D eigenvalue weighted by atomic mass is 9.79. The van der Waals surface area contributed by atoms with Gasteiger partial charge in [-0.25, -0.2) is 4.79 Å². The highest BCUT2D eigenvalue weighted by Crippen LogP contribution is 2.40. The van der Waals surface area contributed by atoms with E-state index in [1.807, 2.05) is 54.5 Å². The number of hydrogen-bond acceptors (Lipinski definition) is 5. The van der Waals surface area contributed by atoms with Crippen molar-refractivity contribution in [3.63, 3.8) is 0 Å². The van der Waals surface area contributed by atoms with E-state index in [9.17, 15) is 19.5 Å². The van der Waals surface area contributed by atoms with Crippen molar-refractivity contribution in [3.8, 4) is 5.75 Å². The first-order chi connectivity index (χ1) is 18.8. The Morgan fingerprint density at radius 1 is 0.805 bits per heavy atom. The third-order valence-electron chi connectivity index (χ3n) is 7.01. The number of urea groups is 1. The lowest BCUT2D eigenvalue weighted by molar-refractivity contribution is 0.0926. The molecule has 0 radical (unpaired) electrons. The lowest BCUT2D eigenvalue weighted by Crippen LogP contribution is -2.26. The molecule has 41 heavy (non-hydrogen) atoms. The van der Waals surface area contributed by atoms with Crippen LogP contribution in [0.5, 0.6) is 5.75 Å². The average Bonchev–Trinajstić information content (AvgIpc) is 2.83. The Labute approximate surface area is 242 Å². The van der Waals surface area contributed by atoms with Crippen LogP contribution >= 0.6 is 0 Å². The van der Waals surface area contributed by atoms with Gasteiger partial charge < -0.3 is 25.5 Å². The fraction of sp³-hybridized carbons (Fsp3) is 0.485. The van der Waals surface area contributed by atoms with E-state index in [1.54, 1.807) is 18.2 Å². The third-order valence-corrected chi connectivity index (χ3v) is 7.01. The van der Waals surface area contributed by atoms with Crippen molar-refractivity contribution >= 4 is 34.3 Å². The van der Waals surface area contributed by atoms with Crippen LogP contribution in [0.15, 0.2) is 39.5 Å². The molecule has 0 spiro atoms. The summed E-state index contributed by atoms with van der Waals surface area (Å²) in [6, 6.07) is 7.78. The first-order valence-corrected chi connectivity index (χ1v) is 14.2. The van der Waals surface area contributed by atoms with Gasteiger partial charge in [0, 0.05) is 18.2 Å². The fourth-order valence-electron chi connectivity index (χ4n) is 4.37. The molecule has 3 rings (SSSR count). The predicted octanol–water partition coefficient (Wildman–Crippen LogP) is 7.57. The SMILES string of the molecule is CCCCNC(=O)c1cc(=O)c2cc(C(C)(C)C)cc(NC(=O)Nc3cc(C(C)(C)C)cc(C(C)(C)C)c3O)c2o1. The van der Waals surface area contributed by atoms with Gasteiger partial charge in [0.1, 0.15) is 5.75 Å². The summed E-state index contributed by atoms with van der Waals surface area (Å²) in [6.07, 6.45) is 1.71. The minimum absolute atomic E-state index is 0.00785. The smallest absolute Gasteiger partial charge is 0.323 e. The Morgan fingerprint density at radius 2 is 1.37 bits per heavy atom. The van der Waals surface area contributed by atoms with Crippen LogP contribution in [0.4, 0.5) is 16.2 Å². The molecule has 0 saturated carbocycles. The molecule has 0 bridgehead atoms. The topological polar surface area (TPSA) is 121 Å². The van der Waals surface area contributed by atoms with Gasteiger partial charge in [-0.05, 0) is 52.0 Å². The molecule has 1 heterocycles. The van der Waals surface area contributed by atoms with E-state index in [2.05, 4.69) is 36.7 Å². The van der Waals surface area contributed by atoms with Crippen LogP contribution in [-0.4, -0.2) is 23.6 Å². The van der Waals surface area contributed by atoms with Crippen LogP contribution in [-0.2, 0) is 16.2 Å². The summed E-state index contributed by atoms with van der Waals surface area (Å²) in [6.45, 7) is 20.7. The molecule has 1 aromatic heterocycles. The standard InChI is InChI=1S/C33H45N3O5/c1-11-12-13-34-29(39)26-18-25(37)21-14-19(31(2,3)4)17-24(28(21)41-26)36-30(40)35-23-16-20(32(5,6)7)15-22(27(23)38)33(8,9)10/h14-18,38H,11-13H2,1-10H3,(H,34,39)(H2,35,36,40). The number of hydrogen-bond donors (Lipinski definition) is 4. The van der Waals surface area contributed by atoms with Crippen molar-refractivity contribution in [1.82, 2.24) is 5.32 Å². The van der Waals surface area contributed by atoms with Crippen LogP contribution in [0.25, 0.3) is 11.0 Å². The van der Waals surface area contributed by atoms with Gasteiger partial charge in [-0.15, -0.1) is 0 Å². The van der Waals surface area contributed by atoms with E-state index in [0.717, 1.165) is 24.0 Å². The zero-order valence-corrected chi connectivity index (χ0v) is 26.1. The van der Waals surface area contributed by atoms with Crippen molar-refractivity contribution in [3.05, 3.63) is 63.0 Å². The summed E-state index contributed by atoms with van der Waals surface area (Å²) in [4.78, 5) is 39.3. The summed E-state index contributed by atoms with van der Waals surface area (Å²) in [5.74, 6) is -0.631. The summed E-state index contributed by atoms with van der Waals surface area (Å²) in [5, 5.41) is 19.7. The van der Waals surface area contributed by atoms with E-state index < -0.39 is 11.9 Å². The Balaban J connectivity index is 2.10. The highest BCUT2D eigenvalue weighted by molar-refractivity contribution is 6.06. The maximum absolute atomic E-state index is 13.4. The maximum Gasteiger partial charge on any atom is 0.323 e. The van der Waals surface area contributed by atoms with E-state index in [0.29, 0.717) is 12.1 Å². The molecule has 222 valence electrons. The average molecular weight is 564 g/mol. The number of nitrogens with one attached hydrogen (secondary N) is 3. The monoisotopic (exact) mass is 563 g/mol. The quantitative estimate of drug-likeness (QED) is 0.182. The summed E-state index contributed by atoms with van der Waals surface area (Å²) < 4.78 is 5.93. The van der Waals surface area contributed by atoms with E-state index in [4.69, 9.17) is 4.42 Å². The second-order valence-electron chi connectivity index (χ2n) is 13.7. The number of fused-ring (bicyclic) bond motifs is 1. The largest absolute Gasteiger partial charge is 0.505 e. The molecule has 3 amide bonds. The van der Waals surface area contributed by atoms with Crippen LogP contribution in [0, 0.1) is 0 Å². The zero-order chi connectivity index (χ0) is 30.9. The van der Waals surface area contributed by atoms with Crippen LogP contribution < -0.4 is 21.4 Å². The summed E-state index contributed by atoms with van der Waals surface area (Å²) in [7, 11) is 0. The molecule has 8 heteroatoms. The minimum atomic E-state index is -0.626. The normalized spacial score (nSPS) is 12.3. The number of phenolic OH excluding ortho intramolecular Hbond substituents is 1. The van der Waals surface area contributed by atoms with Gasteiger partial charge in [0.2, 0.25) is 0 Å². The Morgan fingerprint density at radius 3 is 1.93 bits per heavy atom. The maximum atomic E-state index is 13.4. The molecule has 0 unspecified atom stereocenters. The van der Waals surface area contributed by atoms with E-state index in [-0.39, 0.29) is 55.5 Å². The fourth-order valence-corrected chi connectivity index (χ4v) is 4.37. The van der Waals surface area contributed by atoms with Gasteiger partial charge in [-0.1, -0.05) is 81.7 Å². The molecule has 0 atom stereocenters. The van der Waals surface area contributed by atoms with Gasteiger partial charge in [-0.2, -0.15) is 0 Å². The van der Waals surface area contributed by atoms with E-state index in [1.165, 1.54) is 6.07 Å². The van der Waals surface area contributed by atoms with Crippen molar-refractivity contribution in [1.29, 1.82) is 0 Å². The Hall–Kier alpha value is -3.81. The first kappa shape index (κ1) is 31.7. The number of phenols is 1. The molecule has 0 aliphatic rings. The second-order valence-corrected chi connectivity index (χ2v) is 13.7. The van der Waals surface area contributed by atoms with Crippen LogP contribution in [0.3, 0.4) is 0 Å². The number of unbranched alkanes of at least 4 members (excludes halogenated alkanes) is 1. The van der Waals surface area contributed by atoms with Crippen molar-refractivity contribution < 1.29 is 19.1 Å². The molecular weight excluding hydrogens is 518 g/mol. The van der Waals surface area contributed by atoms with Crippen molar-refractivity contribution in [2.24, 2.45) is 0 Å². The van der Waals surface area contributed by atoms with E-state index >= 15 is 0 Å². The molecule has 4 N–H and O–H groups in total. The number of amides is 3. The van der Waals surface area contributed by atoms with Crippen LogP contribution in [0.1, 0.15) is 109 Å². The highest BCUT2D eigenvalue weighted by Gasteiger charge is 2.26. The Kier molecular flexibility index (Phi) is 8.96. The minimum Gasteiger partial charge on any atom is -0.505 e. The van der Waals surface area contributed by atoms with Gasteiger partial charge in [0.05, 0.1) is 16.8 Å².